The summed E-state index contributed by atoms with van der Waals surface area (Å²) >= 11 is 0. The number of carboxylic acids is 1. The summed E-state index contributed by atoms with van der Waals surface area (Å²) in [5.41, 5.74) is 2.14. The van der Waals surface area contributed by atoms with Gasteiger partial charge in [0.1, 0.15) is 17.2 Å². The summed E-state index contributed by atoms with van der Waals surface area (Å²) in [4.78, 5) is 28.5. The fourth-order valence-corrected chi connectivity index (χ4v) is 6.09. The van der Waals surface area contributed by atoms with Gasteiger partial charge in [-0.05, 0) is 68.1 Å². The second-order valence-electron chi connectivity index (χ2n) is 9.69. The van der Waals surface area contributed by atoms with Crippen molar-refractivity contribution in [2.45, 2.75) is 38.7 Å². The number of aromatic nitrogens is 6. The standard InChI is InChI=1S/C25H23F3N6O2/c26-14-7-17-18(11-30-22(17)29-10-14)23-31-15(9-20(32-23)19-5-6-34(33-19)25(27)28)8-16-12-1-3-13(4-2-12)21(16)24(35)36/h5-7,9-13,16,21,25H,1-4,8H2,(H,29,30)(H,35,36)/t12?,13?,16-,21-/m0/s1. The monoisotopic (exact) mass is 496 g/mol. The Morgan fingerprint density at radius 3 is 2.64 bits per heavy atom. The van der Waals surface area contributed by atoms with E-state index in [9.17, 15) is 23.1 Å². The number of nitrogens with zero attached hydrogens (tertiary/aromatic N) is 5. The number of aliphatic carboxylic acids is 1. The lowest BCUT2D eigenvalue weighted by molar-refractivity contribution is -0.152. The molecular formula is C25H23F3N6O2. The summed E-state index contributed by atoms with van der Waals surface area (Å²) in [5.74, 6) is -1.10. The van der Waals surface area contributed by atoms with Gasteiger partial charge in [0.25, 0.3) is 0 Å². The highest BCUT2D eigenvalue weighted by Crippen LogP contribution is 2.50. The van der Waals surface area contributed by atoms with Crippen LogP contribution in [0.2, 0.25) is 0 Å². The van der Waals surface area contributed by atoms with Crippen LogP contribution in [-0.2, 0) is 11.2 Å². The molecule has 4 aromatic heterocycles. The van der Waals surface area contributed by atoms with Crippen LogP contribution in [0.3, 0.4) is 0 Å². The smallest absolute Gasteiger partial charge is 0.333 e. The van der Waals surface area contributed by atoms with Crippen LogP contribution >= 0.6 is 0 Å². The predicted octanol–water partition coefficient (Wildman–Crippen LogP) is 5.10. The average molecular weight is 496 g/mol. The molecule has 4 aromatic rings. The number of hydrogen-bond donors (Lipinski definition) is 2. The molecule has 2 atom stereocenters. The van der Waals surface area contributed by atoms with Crippen LogP contribution in [0.5, 0.6) is 0 Å². The Balaban J connectivity index is 1.45. The van der Waals surface area contributed by atoms with Gasteiger partial charge in [0, 0.05) is 29.0 Å². The van der Waals surface area contributed by atoms with Crippen molar-refractivity contribution in [1.29, 1.82) is 0 Å². The molecule has 7 rings (SSSR count). The number of hydrogen-bond acceptors (Lipinski definition) is 5. The Morgan fingerprint density at radius 2 is 1.92 bits per heavy atom. The van der Waals surface area contributed by atoms with Crippen LogP contribution in [0.4, 0.5) is 13.2 Å². The van der Waals surface area contributed by atoms with Crippen molar-refractivity contribution in [3.05, 3.63) is 48.3 Å². The molecule has 0 spiro atoms. The number of halogens is 3. The first-order chi connectivity index (χ1) is 17.4. The molecule has 11 heteroatoms. The minimum Gasteiger partial charge on any atom is -0.481 e. The van der Waals surface area contributed by atoms with Gasteiger partial charge < -0.3 is 10.1 Å². The van der Waals surface area contributed by atoms with Crippen LogP contribution < -0.4 is 0 Å². The first kappa shape index (κ1) is 22.7. The molecule has 8 nitrogen and oxygen atoms in total. The lowest BCUT2D eigenvalue weighted by atomic mass is 9.57. The number of pyridine rings is 1. The second-order valence-corrected chi connectivity index (χ2v) is 9.69. The van der Waals surface area contributed by atoms with E-state index in [4.69, 9.17) is 4.98 Å². The molecular weight excluding hydrogens is 473 g/mol. The van der Waals surface area contributed by atoms with Crippen LogP contribution in [0.15, 0.2) is 36.8 Å². The number of carbonyl (C=O) groups is 1. The lowest BCUT2D eigenvalue weighted by Crippen LogP contribution is -2.45. The van der Waals surface area contributed by atoms with E-state index >= 15 is 0 Å². The number of H-pyrrole nitrogens is 1. The number of alkyl halides is 2. The van der Waals surface area contributed by atoms with Crippen molar-refractivity contribution in [2.75, 3.05) is 0 Å². The normalized spacial score (nSPS) is 23.6. The van der Waals surface area contributed by atoms with Gasteiger partial charge in [0.2, 0.25) is 0 Å². The summed E-state index contributed by atoms with van der Waals surface area (Å²) in [6, 6.07) is 4.47. The zero-order valence-corrected chi connectivity index (χ0v) is 19.1. The Bertz CT molecular complexity index is 1440. The molecule has 3 saturated carbocycles. The third kappa shape index (κ3) is 3.92. The maximum atomic E-state index is 14.0. The van der Waals surface area contributed by atoms with Crippen LogP contribution in [0, 0.1) is 29.5 Å². The van der Waals surface area contributed by atoms with E-state index in [1.807, 2.05) is 0 Å². The highest BCUT2D eigenvalue weighted by atomic mass is 19.3. The number of carboxylic acid groups (broad SMARTS) is 1. The summed E-state index contributed by atoms with van der Waals surface area (Å²) < 4.78 is 40.9. The van der Waals surface area contributed by atoms with E-state index in [1.165, 1.54) is 18.3 Å². The maximum absolute atomic E-state index is 14.0. The lowest BCUT2D eigenvalue weighted by Gasteiger charge is -2.46. The Morgan fingerprint density at radius 1 is 1.14 bits per heavy atom. The van der Waals surface area contributed by atoms with Gasteiger partial charge in [-0.1, -0.05) is 0 Å². The molecule has 3 aliphatic rings. The number of rotatable bonds is 6. The Hall–Kier alpha value is -3.76. The minimum absolute atomic E-state index is 0.0775. The summed E-state index contributed by atoms with van der Waals surface area (Å²) in [5, 5.41) is 14.4. The molecule has 3 fully saturated rings. The van der Waals surface area contributed by atoms with E-state index in [-0.39, 0.29) is 23.4 Å². The summed E-state index contributed by atoms with van der Waals surface area (Å²) in [6.07, 6.45) is 8.17. The topological polar surface area (TPSA) is 110 Å². The molecule has 2 N–H and O–H groups in total. The Kier molecular flexibility index (Phi) is 5.50. The fourth-order valence-electron chi connectivity index (χ4n) is 6.09. The molecule has 0 radical (unpaired) electrons. The van der Waals surface area contributed by atoms with Crippen molar-refractivity contribution in [1.82, 2.24) is 29.7 Å². The van der Waals surface area contributed by atoms with Crippen molar-refractivity contribution >= 4 is 17.0 Å². The summed E-state index contributed by atoms with van der Waals surface area (Å²) in [7, 11) is 0. The third-order valence-electron chi connectivity index (χ3n) is 7.71. The van der Waals surface area contributed by atoms with E-state index in [0.29, 0.717) is 45.0 Å². The Labute approximate surface area is 203 Å². The molecule has 0 saturated heterocycles. The van der Waals surface area contributed by atoms with E-state index < -0.39 is 24.3 Å². The van der Waals surface area contributed by atoms with Crippen molar-refractivity contribution in [2.24, 2.45) is 23.7 Å². The van der Waals surface area contributed by atoms with Crippen LogP contribution in [0.1, 0.15) is 37.9 Å². The van der Waals surface area contributed by atoms with E-state index in [2.05, 4.69) is 20.1 Å². The molecule has 4 heterocycles. The predicted molar refractivity (Wildman–Crippen MR) is 123 cm³/mol. The third-order valence-corrected chi connectivity index (χ3v) is 7.71. The maximum Gasteiger partial charge on any atom is 0.333 e. The van der Waals surface area contributed by atoms with Gasteiger partial charge >= 0.3 is 12.5 Å². The largest absolute Gasteiger partial charge is 0.481 e. The molecule has 0 aromatic carbocycles. The van der Waals surface area contributed by atoms with Crippen molar-refractivity contribution in [3.63, 3.8) is 0 Å². The molecule has 0 amide bonds. The SMILES string of the molecule is O=C(O)[C@H]1C2CCC(CC2)[C@@H]1Cc1cc(-c2ccn(C(F)F)n2)nc(-c2c[nH]c3ncc(F)cc23)n1. The van der Waals surface area contributed by atoms with Gasteiger partial charge in [-0.2, -0.15) is 13.9 Å². The molecule has 3 aliphatic carbocycles. The molecule has 0 unspecified atom stereocenters. The van der Waals surface area contributed by atoms with Gasteiger partial charge in [-0.15, -0.1) is 0 Å². The van der Waals surface area contributed by atoms with Gasteiger partial charge in [-0.3, -0.25) is 4.79 Å². The number of aromatic amines is 1. The van der Waals surface area contributed by atoms with E-state index in [1.54, 1.807) is 12.3 Å². The van der Waals surface area contributed by atoms with Gasteiger partial charge in [-0.25, -0.2) is 24.0 Å². The highest BCUT2D eigenvalue weighted by molar-refractivity contribution is 5.91. The van der Waals surface area contributed by atoms with Crippen molar-refractivity contribution < 1.29 is 23.1 Å². The second kappa shape index (κ2) is 8.72. The van der Waals surface area contributed by atoms with E-state index in [0.717, 1.165) is 31.9 Å². The fraction of sp³-hybridized carbons (Fsp3) is 0.400. The average Bonchev–Trinajstić information content (AvgIpc) is 3.52. The first-order valence-electron chi connectivity index (χ1n) is 11.9. The highest BCUT2D eigenvalue weighted by Gasteiger charge is 2.47. The first-order valence-corrected chi connectivity index (χ1v) is 11.9. The molecule has 36 heavy (non-hydrogen) atoms. The van der Waals surface area contributed by atoms with Crippen LogP contribution in [-0.4, -0.2) is 40.8 Å². The quantitative estimate of drug-likeness (QED) is 0.385. The molecule has 2 bridgehead atoms. The van der Waals surface area contributed by atoms with Gasteiger partial charge in [0.05, 0.1) is 17.8 Å². The van der Waals surface area contributed by atoms with Crippen LogP contribution in [0.25, 0.3) is 33.8 Å². The zero-order valence-electron chi connectivity index (χ0n) is 19.1. The molecule has 186 valence electrons. The minimum atomic E-state index is -2.80. The summed E-state index contributed by atoms with van der Waals surface area (Å²) in [6.45, 7) is -2.80. The van der Waals surface area contributed by atoms with Crippen molar-refractivity contribution in [3.8, 4) is 22.8 Å². The zero-order chi connectivity index (χ0) is 25.0. The number of fused-ring (bicyclic) bond motifs is 4. The number of nitrogens with one attached hydrogen (secondary N) is 1. The van der Waals surface area contributed by atoms with Gasteiger partial charge in [0.15, 0.2) is 5.82 Å². The molecule has 0 aliphatic heterocycles.